The molecule has 0 saturated heterocycles. The lowest BCUT2D eigenvalue weighted by molar-refractivity contribution is 0.242. The van der Waals surface area contributed by atoms with E-state index in [0.717, 1.165) is 11.1 Å². The summed E-state index contributed by atoms with van der Waals surface area (Å²) in [4.78, 5) is 7.33. The summed E-state index contributed by atoms with van der Waals surface area (Å²) in [6.45, 7) is 0. The monoisotopic (exact) mass is 602 g/mol. The highest BCUT2D eigenvalue weighted by molar-refractivity contribution is 7.85. The molecular weight excluding hydrogens is 582 g/mol. The Kier molecular flexibility index (Phi) is 8.16. The lowest BCUT2D eigenvalue weighted by Crippen LogP contribution is -2.10. The summed E-state index contributed by atoms with van der Waals surface area (Å²) in [6.07, 6.45) is -2.48. The van der Waals surface area contributed by atoms with Crippen molar-refractivity contribution in [2.24, 2.45) is 0 Å². The number of rotatable bonds is 6. The number of hydrogen-bond acceptors (Lipinski definition) is 6. The number of aromatic nitrogens is 6. The zero-order valence-electron chi connectivity index (χ0n) is 20.2. The van der Waals surface area contributed by atoms with Gasteiger partial charge in [0, 0.05) is 12.8 Å². The van der Waals surface area contributed by atoms with Crippen LogP contribution >= 0.6 is 0 Å². The SMILES string of the molecule is O=[S@@](c1nc2n(n1)[C@H](c1ccccc1)C[C@@H]2F)C(F)F.O=[S@](c1nc2n(n1)[C@H](c1ccccc1)C[C@@H]2F)C(F)F. The van der Waals surface area contributed by atoms with Gasteiger partial charge < -0.3 is 0 Å². The number of benzene rings is 2. The minimum Gasteiger partial charge on any atom is -0.245 e. The van der Waals surface area contributed by atoms with Gasteiger partial charge in [-0.25, -0.2) is 36.5 Å². The highest BCUT2D eigenvalue weighted by Gasteiger charge is 2.38. The van der Waals surface area contributed by atoms with Crippen molar-refractivity contribution in [3.63, 3.8) is 0 Å². The average Bonchev–Trinajstić information content (AvgIpc) is 3.72. The summed E-state index contributed by atoms with van der Waals surface area (Å²) in [7, 11) is -5.24. The van der Waals surface area contributed by atoms with Crippen molar-refractivity contribution in [1.82, 2.24) is 29.5 Å². The van der Waals surface area contributed by atoms with Crippen LogP contribution in [0.1, 0.15) is 60.0 Å². The fraction of sp³-hybridized carbons (Fsp3) is 0.333. The fourth-order valence-electron chi connectivity index (χ4n) is 4.55. The van der Waals surface area contributed by atoms with Crippen molar-refractivity contribution >= 4 is 21.6 Å². The lowest BCUT2D eigenvalue weighted by Gasteiger charge is -2.11. The van der Waals surface area contributed by atoms with Crippen molar-refractivity contribution in [2.75, 3.05) is 0 Å². The molecule has 0 amide bonds. The molecule has 0 radical (unpaired) electrons. The molecule has 6 rings (SSSR count). The standard InChI is InChI=1S/2C12H10F3N3OS/c2*13-8-6-9(7-4-2-1-3-5-7)18-10(8)16-12(17-18)20(19)11(14)15/h2*1-5,8-9,11H,6H2/t8-,9-,20+;8-,9-,20-/m00/s1. The Morgan fingerprint density at radius 1 is 0.650 bits per heavy atom. The summed E-state index contributed by atoms with van der Waals surface area (Å²) in [5.41, 5.74) is 1.63. The van der Waals surface area contributed by atoms with E-state index in [4.69, 9.17) is 0 Å². The summed E-state index contributed by atoms with van der Waals surface area (Å²) >= 11 is 0. The van der Waals surface area contributed by atoms with Gasteiger partial charge in [-0.1, -0.05) is 60.7 Å². The number of halogens is 6. The zero-order chi connectivity index (χ0) is 28.6. The minimum atomic E-state index is -3.08. The topological polar surface area (TPSA) is 95.6 Å². The van der Waals surface area contributed by atoms with Gasteiger partial charge in [-0.05, 0) is 11.1 Å². The molecule has 2 aromatic carbocycles. The van der Waals surface area contributed by atoms with Crippen LogP contribution in [-0.2, 0) is 21.6 Å². The van der Waals surface area contributed by atoms with Gasteiger partial charge in [-0.15, -0.1) is 10.2 Å². The van der Waals surface area contributed by atoms with Crippen molar-refractivity contribution < 1.29 is 34.8 Å². The molecule has 4 heterocycles. The van der Waals surface area contributed by atoms with Gasteiger partial charge in [-0.2, -0.15) is 17.6 Å². The molecule has 6 atom stereocenters. The van der Waals surface area contributed by atoms with Crippen molar-refractivity contribution in [3.05, 3.63) is 83.4 Å². The molecule has 0 saturated carbocycles. The van der Waals surface area contributed by atoms with Gasteiger partial charge in [0.1, 0.15) is 0 Å². The van der Waals surface area contributed by atoms with Crippen LogP contribution in [0.3, 0.4) is 0 Å². The van der Waals surface area contributed by atoms with Crippen molar-refractivity contribution in [3.8, 4) is 0 Å². The number of alkyl halides is 6. The highest BCUT2D eigenvalue weighted by atomic mass is 32.2. The number of fused-ring (bicyclic) bond motifs is 2. The zero-order valence-corrected chi connectivity index (χ0v) is 21.9. The molecule has 0 aliphatic carbocycles. The first-order chi connectivity index (χ1) is 19.2. The van der Waals surface area contributed by atoms with Gasteiger partial charge in [0.15, 0.2) is 45.6 Å². The predicted octanol–water partition coefficient (Wildman–Crippen LogP) is 5.22. The molecular formula is C24H20F6N6O2S2. The van der Waals surface area contributed by atoms with E-state index in [1.54, 1.807) is 48.5 Å². The van der Waals surface area contributed by atoms with E-state index in [9.17, 15) is 34.8 Å². The van der Waals surface area contributed by atoms with Gasteiger partial charge in [0.05, 0.1) is 12.1 Å². The Bertz CT molecular complexity index is 1410. The van der Waals surface area contributed by atoms with Crippen LogP contribution in [0, 0.1) is 0 Å². The molecule has 2 aliphatic rings. The first kappa shape index (κ1) is 28.1. The summed E-state index contributed by atoms with van der Waals surface area (Å²) in [5, 5.41) is 6.58. The minimum absolute atomic E-state index is 0.0390. The third kappa shape index (κ3) is 5.46. The maximum atomic E-state index is 13.9. The fourth-order valence-corrected chi connectivity index (χ4v) is 5.58. The normalized spacial score (nSPS) is 23.0. The lowest BCUT2D eigenvalue weighted by atomic mass is 10.0. The average molecular weight is 603 g/mol. The third-order valence-corrected chi connectivity index (χ3v) is 8.05. The van der Waals surface area contributed by atoms with Crippen LogP contribution in [0.15, 0.2) is 71.0 Å². The Morgan fingerprint density at radius 3 is 1.32 bits per heavy atom. The Hall–Kier alpha value is -3.40. The second kappa shape index (κ2) is 11.6. The van der Waals surface area contributed by atoms with Crippen LogP contribution in [0.25, 0.3) is 0 Å². The molecule has 16 heteroatoms. The van der Waals surface area contributed by atoms with E-state index in [-0.39, 0.29) is 24.5 Å². The van der Waals surface area contributed by atoms with Crippen LogP contribution in [0.5, 0.6) is 0 Å². The second-order valence-corrected chi connectivity index (χ2v) is 11.4. The molecule has 0 fully saturated rings. The van der Waals surface area contributed by atoms with Crippen molar-refractivity contribution in [1.29, 1.82) is 0 Å². The maximum Gasteiger partial charge on any atom is 0.319 e. The highest BCUT2D eigenvalue weighted by Crippen LogP contribution is 2.40. The molecule has 2 aliphatic heterocycles. The Morgan fingerprint density at radius 2 is 1.00 bits per heavy atom. The molecule has 0 bridgehead atoms. The molecule has 0 spiro atoms. The van der Waals surface area contributed by atoms with Crippen molar-refractivity contribution in [2.45, 2.75) is 59.1 Å². The molecule has 2 aromatic heterocycles. The molecule has 8 nitrogen and oxygen atoms in total. The third-order valence-electron chi connectivity index (χ3n) is 6.34. The molecule has 4 aromatic rings. The summed E-state index contributed by atoms with van der Waals surface area (Å²) < 4.78 is 103. The predicted molar refractivity (Wildman–Crippen MR) is 131 cm³/mol. The summed E-state index contributed by atoms with van der Waals surface area (Å²) in [5.74, 6) is -6.23. The van der Waals surface area contributed by atoms with Crippen LogP contribution in [-0.4, -0.2) is 49.5 Å². The Labute approximate surface area is 228 Å². The van der Waals surface area contributed by atoms with Crippen LogP contribution < -0.4 is 0 Å². The van der Waals surface area contributed by atoms with E-state index in [1.165, 1.54) is 9.36 Å². The summed E-state index contributed by atoms with van der Waals surface area (Å²) in [6, 6.07) is 17.3. The van der Waals surface area contributed by atoms with Crippen LogP contribution in [0.2, 0.25) is 0 Å². The van der Waals surface area contributed by atoms with E-state index in [2.05, 4.69) is 20.2 Å². The second-order valence-electron chi connectivity index (χ2n) is 8.77. The van der Waals surface area contributed by atoms with Gasteiger partial charge in [-0.3, -0.25) is 0 Å². The van der Waals surface area contributed by atoms with E-state index in [1.807, 2.05) is 12.1 Å². The van der Waals surface area contributed by atoms with Crippen LogP contribution in [0.4, 0.5) is 26.3 Å². The molecule has 40 heavy (non-hydrogen) atoms. The van der Waals surface area contributed by atoms with E-state index in [0.29, 0.717) is 0 Å². The number of nitrogens with zero attached hydrogens (tertiary/aromatic N) is 6. The molecule has 0 N–H and O–H groups in total. The van der Waals surface area contributed by atoms with Gasteiger partial charge in [0.25, 0.3) is 0 Å². The maximum absolute atomic E-state index is 13.9. The van der Waals surface area contributed by atoms with Gasteiger partial charge in [0.2, 0.25) is 10.3 Å². The number of hydrogen-bond donors (Lipinski definition) is 0. The largest absolute Gasteiger partial charge is 0.319 e. The first-order valence-electron chi connectivity index (χ1n) is 11.8. The first-order valence-corrected chi connectivity index (χ1v) is 14.3. The Balaban J connectivity index is 0.000000161. The quantitative estimate of drug-likeness (QED) is 0.281. The smallest absolute Gasteiger partial charge is 0.245 e. The molecule has 212 valence electrons. The molecule has 0 unspecified atom stereocenters. The van der Waals surface area contributed by atoms with Gasteiger partial charge >= 0.3 is 11.5 Å². The van der Waals surface area contributed by atoms with E-state index >= 15 is 0 Å². The van der Waals surface area contributed by atoms with E-state index < -0.39 is 67.9 Å².